The van der Waals surface area contributed by atoms with E-state index in [1.54, 1.807) is 6.08 Å². The van der Waals surface area contributed by atoms with Crippen molar-refractivity contribution in [3.63, 3.8) is 0 Å². The number of allylic oxidation sites excluding steroid dienone is 7. The van der Waals surface area contributed by atoms with Crippen molar-refractivity contribution in [3.8, 4) is 0 Å². The lowest BCUT2D eigenvalue weighted by Crippen LogP contribution is -2.60. The van der Waals surface area contributed by atoms with Crippen LogP contribution in [-0.4, -0.2) is 100 Å². The molecule has 1 aliphatic heterocycles. The molecule has 0 aromatic rings. The second-order valence-electron chi connectivity index (χ2n) is 23.9. The predicted octanol–water partition coefficient (Wildman–Crippen LogP) is 17.2. The van der Waals surface area contributed by atoms with Crippen molar-refractivity contribution in [2.45, 2.75) is 365 Å². The van der Waals surface area contributed by atoms with Crippen molar-refractivity contribution in [3.05, 3.63) is 48.6 Å². The molecule has 1 heterocycles. The lowest BCUT2D eigenvalue weighted by molar-refractivity contribution is -0.302. The number of amides is 1. The Balaban J connectivity index is 1.92. The van der Waals surface area contributed by atoms with Gasteiger partial charge in [0, 0.05) is 12.8 Å². The summed E-state index contributed by atoms with van der Waals surface area (Å²) in [5.41, 5.74) is 0. The summed E-state index contributed by atoms with van der Waals surface area (Å²) in [5.74, 6) is -0.187. The smallest absolute Gasteiger partial charge is 0.305 e. The highest BCUT2D eigenvalue weighted by molar-refractivity contribution is 5.76. The van der Waals surface area contributed by atoms with E-state index in [4.69, 9.17) is 14.2 Å². The Morgan fingerprint density at radius 3 is 1.30 bits per heavy atom. The average molecular weight is 1140 g/mol. The Morgan fingerprint density at radius 1 is 0.469 bits per heavy atom. The molecule has 1 fully saturated rings. The monoisotopic (exact) mass is 1140 g/mol. The zero-order valence-corrected chi connectivity index (χ0v) is 52.5. The Kier molecular flexibility index (Phi) is 56.2. The van der Waals surface area contributed by atoms with Crippen LogP contribution in [0.1, 0.15) is 322 Å². The van der Waals surface area contributed by atoms with Crippen LogP contribution >= 0.6 is 0 Å². The maximum atomic E-state index is 13.0. The first kappa shape index (κ1) is 76.6. The summed E-state index contributed by atoms with van der Waals surface area (Å²) >= 11 is 0. The molecule has 474 valence electrons. The fourth-order valence-corrected chi connectivity index (χ4v) is 10.8. The number of ether oxygens (including phenoxy) is 3. The second-order valence-corrected chi connectivity index (χ2v) is 23.9. The molecule has 0 aromatic heterocycles. The molecule has 0 saturated carbocycles. The Bertz CT molecular complexity index is 1480. The summed E-state index contributed by atoms with van der Waals surface area (Å²) in [6.45, 7) is 4.12. The highest BCUT2D eigenvalue weighted by Gasteiger charge is 2.44. The van der Waals surface area contributed by atoms with Crippen molar-refractivity contribution in [1.82, 2.24) is 5.32 Å². The number of esters is 1. The third kappa shape index (κ3) is 48.5. The van der Waals surface area contributed by atoms with E-state index >= 15 is 0 Å². The van der Waals surface area contributed by atoms with E-state index < -0.39 is 49.5 Å². The molecule has 0 spiro atoms. The molecule has 0 aliphatic carbocycles. The SMILES string of the molecule is C/C=C/CC/C=C/CC/C=C/C(O)C(COC1OC(CO)C(O)C(O)C1O)NC(=O)CCCCCCCCCCCCCCCC/C=C\CCCCCCCCCCCCCCOC(=O)CCCCCCCCCCCCCCCC. The van der Waals surface area contributed by atoms with Gasteiger partial charge in [0.1, 0.15) is 24.4 Å². The van der Waals surface area contributed by atoms with E-state index in [2.05, 4.69) is 42.6 Å². The van der Waals surface area contributed by atoms with Gasteiger partial charge in [-0.15, -0.1) is 0 Å². The van der Waals surface area contributed by atoms with Gasteiger partial charge in [-0.3, -0.25) is 9.59 Å². The van der Waals surface area contributed by atoms with Crippen LogP contribution < -0.4 is 5.32 Å². The highest BCUT2D eigenvalue weighted by Crippen LogP contribution is 2.23. The number of carbonyl (C=O) groups is 2. The third-order valence-corrected chi connectivity index (χ3v) is 16.2. The Labute approximate surface area is 497 Å². The van der Waals surface area contributed by atoms with Crippen molar-refractivity contribution in [1.29, 1.82) is 0 Å². The van der Waals surface area contributed by atoms with Crippen molar-refractivity contribution < 1.29 is 49.3 Å². The Hall–Kier alpha value is -2.38. The van der Waals surface area contributed by atoms with Crippen LogP contribution in [0, 0.1) is 0 Å². The molecule has 11 heteroatoms. The van der Waals surface area contributed by atoms with Crippen LogP contribution in [0.4, 0.5) is 0 Å². The Morgan fingerprint density at radius 2 is 0.852 bits per heavy atom. The largest absolute Gasteiger partial charge is 0.466 e. The molecule has 81 heavy (non-hydrogen) atoms. The average Bonchev–Trinajstić information content (AvgIpc) is 3.50. The van der Waals surface area contributed by atoms with Crippen LogP contribution in [0.5, 0.6) is 0 Å². The molecule has 7 atom stereocenters. The van der Waals surface area contributed by atoms with Crippen LogP contribution in [-0.2, 0) is 23.8 Å². The van der Waals surface area contributed by atoms with E-state index in [0.717, 1.165) is 57.8 Å². The molecule has 1 rings (SSSR count). The van der Waals surface area contributed by atoms with Gasteiger partial charge < -0.3 is 45.1 Å². The number of hydrogen-bond acceptors (Lipinski definition) is 10. The van der Waals surface area contributed by atoms with E-state index in [1.807, 2.05) is 19.1 Å². The van der Waals surface area contributed by atoms with Crippen molar-refractivity contribution in [2.75, 3.05) is 19.8 Å². The molecular formula is C70H129NO10. The van der Waals surface area contributed by atoms with Crippen LogP contribution in [0.25, 0.3) is 0 Å². The van der Waals surface area contributed by atoms with E-state index in [0.29, 0.717) is 19.4 Å². The maximum absolute atomic E-state index is 13.0. The molecule has 7 unspecified atom stereocenters. The van der Waals surface area contributed by atoms with Gasteiger partial charge in [-0.2, -0.15) is 0 Å². The molecule has 1 aliphatic rings. The zero-order chi connectivity index (χ0) is 58.7. The normalized spacial score (nSPS) is 18.5. The number of hydrogen-bond donors (Lipinski definition) is 6. The van der Waals surface area contributed by atoms with Gasteiger partial charge in [0.15, 0.2) is 6.29 Å². The van der Waals surface area contributed by atoms with Gasteiger partial charge in [0.05, 0.1) is 32.0 Å². The number of nitrogens with one attached hydrogen (secondary N) is 1. The number of aliphatic hydroxyl groups is 5. The van der Waals surface area contributed by atoms with Crippen molar-refractivity contribution >= 4 is 11.9 Å². The second kappa shape index (κ2) is 59.4. The summed E-state index contributed by atoms with van der Waals surface area (Å²) < 4.78 is 16.7. The molecule has 0 radical (unpaired) electrons. The molecule has 0 bridgehead atoms. The van der Waals surface area contributed by atoms with Gasteiger partial charge in [-0.05, 0) is 77.6 Å². The number of carbonyl (C=O) groups excluding carboxylic acids is 2. The first-order valence-electron chi connectivity index (χ1n) is 34.4. The summed E-state index contributed by atoms with van der Waals surface area (Å²) in [5, 5.41) is 54.2. The zero-order valence-electron chi connectivity index (χ0n) is 52.5. The molecule has 0 aromatic carbocycles. The fourth-order valence-electron chi connectivity index (χ4n) is 10.8. The minimum Gasteiger partial charge on any atom is -0.466 e. The minimum atomic E-state index is -1.58. The highest BCUT2D eigenvalue weighted by atomic mass is 16.7. The molecular weight excluding hydrogens is 1010 g/mol. The fraction of sp³-hybridized carbons (Fsp3) is 0.857. The van der Waals surface area contributed by atoms with E-state index in [-0.39, 0.29) is 18.5 Å². The van der Waals surface area contributed by atoms with Gasteiger partial charge in [0.25, 0.3) is 0 Å². The minimum absolute atomic E-state index is 0.0106. The van der Waals surface area contributed by atoms with Crippen LogP contribution in [0.15, 0.2) is 48.6 Å². The summed E-state index contributed by atoms with van der Waals surface area (Å²) in [4.78, 5) is 25.1. The van der Waals surface area contributed by atoms with Crippen LogP contribution in [0.3, 0.4) is 0 Å². The van der Waals surface area contributed by atoms with E-state index in [1.165, 1.54) is 238 Å². The lowest BCUT2D eigenvalue weighted by atomic mass is 9.99. The van der Waals surface area contributed by atoms with Crippen molar-refractivity contribution in [2.24, 2.45) is 0 Å². The van der Waals surface area contributed by atoms with E-state index in [9.17, 15) is 35.1 Å². The topological polar surface area (TPSA) is 175 Å². The third-order valence-electron chi connectivity index (χ3n) is 16.2. The number of aliphatic hydroxyl groups excluding tert-OH is 5. The first-order chi connectivity index (χ1) is 39.7. The first-order valence-corrected chi connectivity index (χ1v) is 34.4. The number of unbranched alkanes of at least 4 members (excludes halogenated alkanes) is 41. The van der Waals surface area contributed by atoms with Gasteiger partial charge >= 0.3 is 5.97 Å². The standard InChI is InChI=1S/C70H129NO10/c1-3-5-7-9-11-13-14-15-35-38-42-46-50-54-58-66(75)79-59-55-51-47-43-39-36-33-31-29-27-25-23-21-19-17-16-18-20-22-24-26-28-30-32-34-37-41-45-49-53-57-65(74)71-62(63(73)56-52-48-44-40-12-10-8-6-4-2)61-80-70-69(78)68(77)67(76)64(60-72)81-70/h4,6,12,17,19,40,52,56,62-64,67-70,72-73,76-78H,3,5,7-11,13-16,18,20-39,41-51,53-55,57-61H2,1-2H3,(H,71,74)/b6-4+,19-17-,40-12+,56-52+. The van der Waals surface area contributed by atoms with Gasteiger partial charge in [-0.25, -0.2) is 0 Å². The van der Waals surface area contributed by atoms with Gasteiger partial charge in [0.2, 0.25) is 5.91 Å². The quantitative estimate of drug-likeness (QED) is 0.0195. The molecule has 6 N–H and O–H groups in total. The lowest BCUT2D eigenvalue weighted by Gasteiger charge is -2.40. The summed E-state index contributed by atoms with van der Waals surface area (Å²) in [6, 6.07) is -0.832. The summed E-state index contributed by atoms with van der Waals surface area (Å²) in [7, 11) is 0. The number of rotatable bonds is 60. The van der Waals surface area contributed by atoms with Crippen LogP contribution in [0.2, 0.25) is 0 Å². The van der Waals surface area contributed by atoms with Gasteiger partial charge in [-0.1, -0.05) is 280 Å². The molecule has 1 amide bonds. The molecule has 11 nitrogen and oxygen atoms in total. The predicted molar refractivity (Wildman–Crippen MR) is 338 cm³/mol. The maximum Gasteiger partial charge on any atom is 0.305 e. The molecule has 1 saturated heterocycles. The summed E-state index contributed by atoms with van der Waals surface area (Å²) in [6.07, 6.45) is 67.1.